The number of nitrogens with zero attached hydrogens (tertiary/aromatic N) is 2. The van der Waals surface area contributed by atoms with Gasteiger partial charge in [0.1, 0.15) is 5.82 Å². The number of imidazole rings is 1. The molecule has 0 radical (unpaired) electrons. The van der Waals surface area contributed by atoms with E-state index in [-0.39, 0.29) is 0 Å². The Hall–Kier alpha value is -0.0900. The lowest BCUT2D eigenvalue weighted by molar-refractivity contribution is 0.665. The number of rotatable bonds is 6. The second-order valence-corrected chi connectivity index (χ2v) is 6.40. The van der Waals surface area contributed by atoms with Gasteiger partial charge in [-0.15, -0.1) is 11.6 Å². The molecule has 0 aliphatic carbocycles. The predicted octanol–water partition coefficient (Wildman–Crippen LogP) is 4.88. The number of thioether (sulfide) groups is 1. The van der Waals surface area contributed by atoms with E-state index in [0.29, 0.717) is 15.9 Å². The van der Waals surface area contributed by atoms with E-state index in [1.54, 1.807) is 0 Å². The van der Waals surface area contributed by atoms with E-state index in [1.807, 2.05) is 23.9 Å². The molecule has 0 bridgehead atoms. The molecule has 2 nitrogen and oxygen atoms in total. The summed E-state index contributed by atoms with van der Waals surface area (Å²) < 4.78 is 2.20. The van der Waals surface area contributed by atoms with Crippen LogP contribution in [0.2, 0.25) is 10.0 Å². The maximum atomic E-state index is 6.10. The summed E-state index contributed by atoms with van der Waals surface area (Å²) in [5.41, 5.74) is 1.93. The molecule has 2 aromatic rings. The zero-order chi connectivity index (χ0) is 13.8. The number of aryl methyl sites for hydroxylation is 2. The molecule has 0 N–H and O–H groups in total. The molecule has 0 aliphatic heterocycles. The predicted molar refractivity (Wildman–Crippen MR) is 87.2 cm³/mol. The van der Waals surface area contributed by atoms with E-state index < -0.39 is 0 Å². The average molecular weight is 338 g/mol. The lowest BCUT2D eigenvalue weighted by Gasteiger charge is -2.08. The summed E-state index contributed by atoms with van der Waals surface area (Å²) in [4.78, 5) is 4.61. The molecule has 104 valence electrons. The Morgan fingerprint density at radius 2 is 2.00 bits per heavy atom. The van der Waals surface area contributed by atoms with Gasteiger partial charge in [0.25, 0.3) is 0 Å². The van der Waals surface area contributed by atoms with Crippen LogP contribution in [-0.2, 0) is 13.0 Å². The van der Waals surface area contributed by atoms with Crippen molar-refractivity contribution in [3.05, 3.63) is 28.0 Å². The van der Waals surface area contributed by atoms with Crippen LogP contribution in [0.3, 0.4) is 0 Å². The quantitative estimate of drug-likeness (QED) is 0.552. The molecule has 1 heterocycles. The third-order valence-electron chi connectivity index (χ3n) is 2.92. The second-order valence-electron chi connectivity index (χ2n) is 4.22. The minimum Gasteiger partial charge on any atom is -0.328 e. The van der Waals surface area contributed by atoms with Crippen LogP contribution in [-0.4, -0.2) is 27.4 Å². The Kier molecular flexibility index (Phi) is 5.70. The van der Waals surface area contributed by atoms with E-state index >= 15 is 0 Å². The second kappa shape index (κ2) is 7.07. The Morgan fingerprint density at radius 3 is 2.68 bits per heavy atom. The van der Waals surface area contributed by atoms with Gasteiger partial charge in [0.05, 0.1) is 21.1 Å². The molecular formula is C13H15Cl3N2S. The highest BCUT2D eigenvalue weighted by molar-refractivity contribution is 7.98. The number of hydrogen-bond donors (Lipinski definition) is 0. The summed E-state index contributed by atoms with van der Waals surface area (Å²) in [6.45, 7) is 0.932. The van der Waals surface area contributed by atoms with E-state index in [4.69, 9.17) is 34.8 Å². The number of fused-ring (bicyclic) bond motifs is 1. The molecule has 1 aromatic heterocycles. The summed E-state index contributed by atoms with van der Waals surface area (Å²) in [7, 11) is 0. The van der Waals surface area contributed by atoms with E-state index in [2.05, 4.69) is 15.8 Å². The van der Waals surface area contributed by atoms with Crippen molar-refractivity contribution in [1.29, 1.82) is 0 Å². The fourth-order valence-corrected chi connectivity index (χ4v) is 2.96. The summed E-state index contributed by atoms with van der Waals surface area (Å²) in [6, 6.07) is 3.71. The van der Waals surface area contributed by atoms with Crippen LogP contribution in [0.4, 0.5) is 0 Å². The van der Waals surface area contributed by atoms with Crippen molar-refractivity contribution in [2.24, 2.45) is 0 Å². The fourth-order valence-electron chi connectivity index (χ4n) is 2.06. The average Bonchev–Trinajstić information content (AvgIpc) is 2.69. The van der Waals surface area contributed by atoms with Gasteiger partial charge < -0.3 is 4.57 Å². The summed E-state index contributed by atoms with van der Waals surface area (Å²) in [5.74, 6) is 2.69. The number of alkyl halides is 1. The van der Waals surface area contributed by atoms with Crippen molar-refractivity contribution in [3.8, 4) is 0 Å². The van der Waals surface area contributed by atoms with Gasteiger partial charge in [0.15, 0.2) is 0 Å². The van der Waals surface area contributed by atoms with Gasteiger partial charge in [-0.1, -0.05) is 23.2 Å². The Labute approximate surface area is 132 Å². The Bertz CT molecular complexity index is 569. The van der Waals surface area contributed by atoms with Crippen molar-refractivity contribution >= 4 is 57.6 Å². The maximum Gasteiger partial charge on any atom is 0.111 e. The Morgan fingerprint density at radius 1 is 1.26 bits per heavy atom. The fraction of sp³-hybridized carbons (Fsp3) is 0.462. The van der Waals surface area contributed by atoms with Crippen LogP contribution < -0.4 is 0 Å². The van der Waals surface area contributed by atoms with E-state index in [0.717, 1.165) is 42.0 Å². The first-order valence-corrected chi connectivity index (χ1v) is 8.75. The first kappa shape index (κ1) is 15.3. The molecule has 0 fully saturated rings. The number of benzene rings is 1. The van der Waals surface area contributed by atoms with E-state index in [1.165, 1.54) is 0 Å². The minimum absolute atomic E-state index is 0.542. The third-order valence-corrected chi connectivity index (χ3v) is 4.53. The zero-order valence-corrected chi connectivity index (χ0v) is 13.7. The number of aromatic nitrogens is 2. The maximum absolute atomic E-state index is 6.10. The molecule has 0 saturated heterocycles. The summed E-state index contributed by atoms with van der Waals surface area (Å²) in [6.07, 6.45) is 3.97. The molecular weight excluding hydrogens is 323 g/mol. The van der Waals surface area contributed by atoms with Crippen LogP contribution in [0.25, 0.3) is 11.0 Å². The van der Waals surface area contributed by atoms with Crippen LogP contribution in [0.5, 0.6) is 0 Å². The summed E-state index contributed by atoms with van der Waals surface area (Å²) in [5, 5.41) is 1.11. The monoisotopic (exact) mass is 336 g/mol. The number of hydrogen-bond acceptors (Lipinski definition) is 2. The standard InChI is InChI=1S/C13H15Cl3N2S/c1-19-6-2-5-18-12-8-10(16)9(15)7-11(12)17-13(18)3-4-14/h7-8H,2-6H2,1H3. The SMILES string of the molecule is CSCCCn1c(CCCl)nc2cc(Cl)c(Cl)cc21. The normalized spacial score (nSPS) is 11.4. The van der Waals surface area contributed by atoms with Crippen LogP contribution in [0, 0.1) is 0 Å². The molecule has 2 rings (SSSR count). The molecule has 0 atom stereocenters. The zero-order valence-electron chi connectivity index (χ0n) is 10.6. The van der Waals surface area contributed by atoms with Crippen molar-refractivity contribution in [2.45, 2.75) is 19.4 Å². The van der Waals surface area contributed by atoms with Crippen molar-refractivity contribution in [3.63, 3.8) is 0 Å². The van der Waals surface area contributed by atoms with Gasteiger partial charge >= 0.3 is 0 Å². The molecule has 0 unspecified atom stereocenters. The van der Waals surface area contributed by atoms with Gasteiger partial charge in [-0.2, -0.15) is 11.8 Å². The van der Waals surface area contributed by atoms with Gasteiger partial charge in [0.2, 0.25) is 0 Å². The molecule has 1 aromatic carbocycles. The van der Waals surface area contributed by atoms with Gasteiger partial charge in [0, 0.05) is 18.8 Å². The summed E-state index contributed by atoms with van der Waals surface area (Å²) >= 11 is 19.8. The first-order valence-electron chi connectivity index (χ1n) is 6.06. The third kappa shape index (κ3) is 3.52. The molecule has 0 spiro atoms. The van der Waals surface area contributed by atoms with Crippen molar-refractivity contribution in [2.75, 3.05) is 17.9 Å². The molecule has 19 heavy (non-hydrogen) atoms. The van der Waals surface area contributed by atoms with E-state index in [9.17, 15) is 0 Å². The van der Waals surface area contributed by atoms with Gasteiger partial charge in [-0.25, -0.2) is 4.98 Å². The lowest BCUT2D eigenvalue weighted by Crippen LogP contribution is -2.05. The highest BCUT2D eigenvalue weighted by Gasteiger charge is 2.12. The van der Waals surface area contributed by atoms with Gasteiger partial charge in [-0.05, 0) is 30.6 Å². The highest BCUT2D eigenvalue weighted by Crippen LogP contribution is 2.28. The van der Waals surface area contributed by atoms with Gasteiger partial charge in [-0.3, -0.25) is 0 Å². The van der Waals surface area contributed by atoms with Crippen LogP contribution in [0.15, 0.2) is 12.1 Å². The first-order chi connectivity index (χ1) is 9.17. The topological polar surface area (TPSA) is 17.8 Å². The molecule has 0 aliphatic rings. The highest BCUT2D eigenvalue weighted by atomic mass is 35.5. The Balaban J connectivity index is 2.43. The van der Waals surface area contributed by atoms with Crippen LogP contribution in [0.1, 0.15) is 12.2 Å². The molecule has 0 saturated carbocycles. The van der Waals surface area contributed by atoms with Crippen molar-refractivity contribution in [1.82, 2.24) is 9.55 Å². The number of halogens is 3. The lowest BCUT2D eigenvalue weighted by atomic mass is 10.3. The minimum atomic E-state index is 0.542. The largest absolute Gasteiger partial charge is 0.328 e. The van der Waals surface area contributed by atoms with Crippen LogP contribution >= 0.6 is 46.6 Å². The smallest absolute Gasteiger partial charge is 0.111 e. The van der Waals surface area contributed by atoms with Crippen molar-refractivity contribution < 1.29 is 0 Å². The molecule has 6 heteroatoms. The molecule has 0 amide bonds.